The molecule has 0 spiro atoms. The lowest BCUT2D eigenvalue weighted by molar-refractivity contribution is 0.0486. The van der Waals surface area contributed by atoms with Crippen LogP contribution in [0, 0.1) is 5.92 Å². The zero-order valence-electron chi connectivity index (χ0n) is 13.2. The molecule has 0 amide bonds. The third kappa shape index (κ3) is 2.80. The van der Waals surface area contributed by atoms with Crippen molar-refractivity contribution in [2.75, 3.05) is 14.1 Å². The largest absolute Gasteiger partial charge is 0.297 e. The van der Waals surface area contributed by atoms with E-state index in [0.717, 1.165) is 37.8 Å². The van der Waals surface area contributed by atoms with Crippen LogP contribution in [0.5, 0.6) is 0 Å². The summed E-state index contributed by atoms with van der Waals surface area (Å²) < 4.78 is 1.88. The second-order valence-electron chi connectivity index (χ2n) is 6.45. The van der Waals surface area contributed by atoms with E-state index in [9.17, 15) is 4.79 Å². The predicted molar refractivity (Wildman–Crippen MR) is 80.9 cm³/mol. The van der Waals surface area contributed by atoms with Gasteiger partial charge in [0.1, 0.15) is 0 Å². The lowest BCUT2D eigenvalue weighted by Gasteiger charge is -2.43. The zero-order chi connectivity index (χ0) is 14.8. The van der Waals surface area contributed by atoms with Crippen LogP contribution in [0.1, 0.15) is 56.3 Å². The van der Waals surface area contributed by atoms with Crippen molar-refractivity contribution in [2.24, 2.45) is 5.92 Å². The molecular formula is C16H27N3O. The second-order valence-corrected chi connectivity index (χ2v) is 6.45. The first-order valence-corrected chi connectivity index (χ1v) is 7.74. The molecule has 1 heterocycles. The van der Waals surface area contributed by atoms with E-state index in [4.69, 9.17) is 0 Å². The Balaban J connectivity index is 2.26. The van der Waals surface area contributed by atoms with E-state index in [1.165, 1.54) is 6.42 Å². The summed E-state index contributed by atoms with van der Waals surface area (Å²) in [7, 11) is 4.07. The molecule has 2 rings (SSSR count). The third-order valence-electron chi connectivity index (χ3n) is 4.60. The molecule has 1 fully saturated rings. The van der Waals surface area contributed by atoms with Crippen LogP contribution in [0.3, 0.4) is 0 Å². The zero-order valence-corrected chi connectivity index (χ0v) is 13.2. The normalized spacial score (nSPS) is 26.9. The number of rotatable bonds is 5. The Labute approximate surface area is 122 Å². The number of hydrogen-bond acceptors (Lipinski definition) is 3. The van der Waals surface area contributed by atoms with Gasteiger partial charge >= 0.3 is 0 Å². The predicted octanol–water partition coefficient (Wildman–Crippen LogP) is 2.99. The van der Waals surface area contributed by atoms with Gasteiger partial charge in [-0.2, -0.15) is 5.10 Å². The Bertz CT molecular complexity index is 466. The average Bonchev–Trinajstić information content (AvgIpc) is 2.86. The lowest BCUT2D eigenvalue weighted by atomic mass is 9.72. The Hall–Kier alpha value is -1.16. The van der Waals surface area contributed by atoms with Gasteiger partial charge in [0.15, 0.2) is 5.78 Å². The third-order valence-corrected chi connectivity index (χ3v) is 4.60. The molecule has 1 aromatic heterocycles. The van der Waals surface area contributed by atoms with Gasteiger partial charge in [-0.05, 0) is 39.3 Å². The van der Waals surface area contributed by atoms with Crippen molar-refractivity contribution < 1.29 is 4.79 Å². The van der Waals surface area contributed by atoms with Crippen LogP contribution in [-0.2, 0) is 6.54 Å². The van der Waals surface area contributed by atoms with Gasteiger partial charge < -0.3 is 0 Å². The number of hydrogen-bond donors (Lipinski definition) is 0. The fourth-order valence-corrected chi connectivity index (χ4v) is 3.44. The average molecular weight is 277 g/mol. The highest BCUT2D eigenvalue weighted by Crippen LogP contribution is 2.38. The van der Waals surface area contributed by atoms with E-state index < -0.39 is 0 Å². The number of Topliss-reactive ketones (excluding diaryl/α,β-unsaturated/α-hetero) is 1. The molecule has 0 bridgehead atoms. The summed E-state index contributed by atoms with van der Waals surface area (Å²) in [6, 6.07) is 0. The SMILES string of the molecule is CCCn1cc(C(=O)C2(N(C)C)CCCC(C)C2)cn1. The number of ketones is 1. The molecule has 0 aliphatic heterocycles. The molecule has 0 N–H and O–H groups in total. The highest BCUT2D eigenvalue weighted by molar-refractivity contribution is 6.03. The van der Waals surface area contributed by atoms with E-state index in [-0.39, 0.29) is 11.3 Å². The summed E-state index contributed by atoms with van der Waals surface area (Å²) in [4.78, 5) is 15.2. The van der Waals surface area contributed by atoms with Gasteiger partial charge in [-0.15, -0.1) is 0 Å². The molecule has 2 unspecified atom stereocenters. The summed E-state index contributed by atoms with van der Waals surface area (Å²) >= 11 is 0. The molecule has 1 aromatic rings. The minimum atomic E-state index is -0.336. The number of likely N-dealkylation sites (N-methyl/N-ethyl adjacent to an activating group) is 1. The van der Waals surface area contributed by atoms with Crippen LogP contribution in [0.2, 0.25) is 0 Å². The van der Waals surface area contributed by atoms with Crippen molar-refractivity contribution in [1.29, 1.82) is 0 Å². The molecule has 0 saturated heterocycles. The van der Waals surface area contributed by atoms with Crippen LogP contribution < -0.4 is 0 Å². The Morgan fingerprint density at radius 1 is 1.55 bits per heavy atom. The maximum absolute atomic E-state index is 13.0. The first-order valence-electron chi connectivity index (χ1n) is 7.74. The van der Waals surface area contributed by atoms with Crippen molar-refractivity contribution in [3.05, 3.63) is 18.0 Å². The summed E-state index contributed by atoms with van der Waals surface area (Å²) in [5.74, 6) is 0.859. The van der Waals surface area contributed by atoms with Gasteiger partial charge in [0.25, 0.3) is 0 Å². The van der Waals surface area contributed by atoms with E-state index >= 15 is 0 Å². The minimum Gasteiger partial charge on any atom is -0.297 e. The minimum absolute atomic E-state index is 0.247. The summed E-state index contributed by atoms with van der Waals surface area (Å²) in [5.41, 5.74) is 0.429. The van der Waals surface area contributed by atoms with E-state index in [0.29, 0.717) is 5.92 Å². The highest BCUT2D eigenvalue weighted by Gasteiger charge is 2.44. The molecule has 20 heavy (non-hydrogen) atoms. The Kier molecular flexibility index (Phi) is 4.63. The molecule has 0 radical (unpaired) electrons. The van der Waals surface area contributed by atoms with Gasteiger partial charge in [-0.1, -0.05) is 26.7 Å². The fraction of sp³-hybridized carbons (Fsp3) is 0.750. The van der Waals surface area contributed by atoms with Gasteiger partial charge in [-0.3, -0.25) is 14.4 Å². The highest BCUT2D eigenvalue weighted by atomic mass is 16.1. The molecule has 2 atom stereocenters. The van der Waals surface area contributed by atoms with Crippen LogP contribution in [0.25, 0.3) is 0 Å². The van der Waals surface area contributed by atoms with E-state index in [1.54, 1.807) is 6.20 Å². The van der Waals surface area contributed by atoms with E-state index in [2.05, 4.69) is 23.8 Å². The van der Waals surface area contributed by atoms with Gasteiger partial charge in [0.2, 0.25) is 0 Å². The standard InChI is InChI=1S/C16H27N3O/c1-5-9-19-12-14(11-17-19)15(20)16(18(3)4)8-6-7-13(2)10-16/h11-13H,5-10H2,1-4H3. The monoisotopic (exact) mass is 277 g/mol. The molecule has 0 aromatic carbocycles. The first-order chi connectivity index (χ1) is 9.49. The van der Waals surface area contributed by atoms with Crippen LogP contribution in [-0.4, -0.2) is 40.1 Å². The lowest BCUT2D eigenvalue weighted by Crippen LogP contribution is -2.53. The maximum Gasteiger partial charge on any atom is 0.186 e. The molecule has 112 valence electrons. The fourth-order valence-electron chi connectivity index (χ4n) is 3.44. The number of carbonyl (C=O) groups is 1. The quantitative estimate of drug-likeness (QED) is 0.777. The molecule has 4 heteroatoms. The van der Waals surface area contributed by atoms with Gasteiger partial charge in [0.05, 0.1) is 17.3 Å². The Morgan fingerprint density at radius 2 is 2.30 bits per heavy atom. The molecular weight excluding hydrogens is 250 g/mol. The van der Waals surface area contributed by atoms with Crippen molar-refractivity contribution in [3.63, 3.8) is 0 Å². The summed E-state index contributed by atoms with van der Waals surface area (Å²) in [6.07, 6.45) is 8.97. The second kappa shape index (κ2) is 6.08. The van der Waals surface area contributed by atoms with Gasteiger partial charge in [0, 0.05) is 12.7 Å². The van der Waals surface area contributed by atoms with Crippen molar-refractivity contribution in [1.82, 2.24) is 14.7 Å². The smallest absolute Gasteiger partial charge is 0.186 e. The first kappa shape index (κ1) is 15.2. The van der Waals surface area contributed by atoms with Crippen molar-refractivity contribution in [2.45, 2.75) is 58.0 Å². The number of aryl methyl sites for hydroxylation is 1. The molecule has 4 nitrogen and oxygen atoms in total. The Morgan fingerprint density at radius 3 is 2.90 bits per heavy atom. The summed E-state index contributed by atoms with van der Waals surface area (Å²) in [6.45, 7) is 5.25. The van der Waals surface area contributed by atoms with Crippen molar-refractivity contribution in [3.8, 4) is 0 Å². The molecule has 1 aliphatic carbocycles. The molecule has 1 saturated carbocycles. The van der Waals surface area contributed by atoms with Crippen molar-refractivity contribution >= 4 is 5.78 Å². The van der Waals surface area contributed by atoms with Gasteiger partial charge in [-0.25, -0.2) is 0 Å². The summed E-state index contributed by atoms with van der Waals surface area (Å²) in [5, 5.41) is 4.31. The van der Waals surface area contributed by atoms with Crippen LogP contribution in [0.4, 0.5) is 0 Å². The number of nitrogens with zero attached hydrogens (tertiary/aromatic N) is 3. The number of carbonyl (C=O) groups excluding carboxylic acids is 1. The van der Waals surface area contributed by atoms with Crippen LogP contribution in [0.15, 0.2) is 12.4 Å². The van der Waals surface area contributed by atoms with Crippen LogP contribution >= 0.6 is 0 Å². The molecule has 1 aliphatic rings. The number of aromatic nitrogens is 2. The topological polar surface area (TPSA) is 38.1 Å². The van der Waals surface area contributed by atoms with E-state index in [1.807, 2.05) is 25.0 Å². The maximum atomic E-state index is 13.0.